The van der Waals surface area contributed by atoms with E-state index in [1.54, 1.807) is 37.3 Å². The molecule has 1 aliphatic rings. The highest BCUT2D eigenvalue weighted by molar-refractivity contribution is 6.35. The van der Waals surface area contributed by atoms with Crippen LogP contribution >= 0.6 is 23.2 Å². The lowest BCUT2D eigenvalue weighted by Gasteiger charge is -2.12. The Bertz CT molecular complexity index is 1410. The largest absolute Gasteiger partial charge is 0.490 e. The Balaban J connectivity index is 1.47. The fourth-order valence-electron chi connectivity index (χ4n) is 3.83. The third-order valence-corrected chi connectivity index (χ3v) is 6.07. The zero-order chi connectivity index (χ0) is 22.9. The number of aryl methyl sites for hydroxylation is 1. The van der Waals surface area contributed by atoms with Crippen LogP contribution in [0.3, 0.4) is 0 Å². The molecule has 168 valence electrons. The summed E-state index contributed by atoms with van der Waals surface area (Å²) in [4.78, 5) is 13.4. The Hall–Kier alpha value is -3.15. The van der Waals surface area contributed by atoms with Crippen LogP contribution in [-0.2, 0) is 6.61 Å². The molecule has 1 aliphatic heterocycles. The van der Waals surface area contributed by atoms with Gasteiger partial charge in [0.15, 0.2) is 11.5 Å². The van der Waals surface area contributed by atoms with E-state index in [9.17, 15) is 4.79 Å². The first kappa shape index (κ1) is 21.7. The molecule has 2 heterocycles. The summed E-state index contributed by atoms with van der Waals surface area (Å²) in [5, 5.41) is 1.57. The number of hydrogen-bond acceptors (Lipinski definition) is 5. The Morgan fingerprint density at radius 3 is 2.58 bits per heavy atom. The molecule has 3 aromatic carbocycles. The molecule has 7 heteroatoms. The van der Waals surface area contributed by atoms with E-state index in [-0.39, 0.29) is 12.0 Å². The molecule has 0 spiro atoms. The third kappa shape index (κ3) is 4.39. The predicted molar refractivity (Wildman–Crippen MR) is 129 cm³/mol. The number of benzene rings is 3. The molecule has 0 atom stereocenters. The van der Waals surface area contributed by atoms with Crippen molar-refractivity contribution in [2.75, 3.05) is 13.2 Å². The average Bonchev–Trinajstić information content (AvgIpc) is 3.03. The highest BCUT2D eigenvalue weighted by atomic mass is 35.5. The predicted octanol–water partition coefficient (Wildman–Crippen LogP) is 6.82. The van der Waals surface area contributed by atoms with Gasteiger partial charge in [-0.2, -0.15) is 0 Å². The number of hydrogen-bond donors (Lipinski definition) is 0. The monoisotopic (exact) mass is 482 g/mol. The normalized spacial score (nSPS) is 13.1. The van der Waals surface area contributed by atoms with Gasteiger partial charge in [0.25, 0.3) is 0 Å². The average molecular weight is 483 g/mol. The van der Waals surface area contributed by atoms with Gasteiger partial charge in [0.05, 0.1) is 24.2 Å². The summed E-state index contributed by atoms with van der Waals surface area (Å²) in [6.07, 6.45) is 0.815. The minimum absolute atomic E-state index is 0.115. The van der Waals surface area contributed by atoms with Crippen LogP contribution < -0.4 is 19.6 Å². The Labute approximate surface area is 200 Å². The van der Waals surface area contributed by atoms with Gasteiger partial charge in [-0.1, -0.05) is 35.3 Å². The van der Waals surface area contributed by atoms with Crippen molar-refractivity contribution in [1.29, 1.82) is 0 Å². The van der Waals surface area contributed by atoms with Crippen molar-refractivity contribution < 1.29 is 18.6 Å². The molecule has 5 rings (SSSR count). The molecule has 33 heavy (non-hydrogen) atoms. The first-order valence-corrected chi connectivity index (χ1v) is 11.3. The van der Waals surface area contributed by atoms with E-state index in [1.165, 1.54) is 0 Å². The van der Waals surface area contributed by atoms with Crippen molar-refractivity contribution in [2.45, 2.75) is 20.0 Å². The second-order valence-electron chi connectivity index (χ2n) is 7.76. The lowest BCUT2D eigenvalue weighted by molar-refractivity contribution is 0.297. The van der Waals surface area contributed by atoms with Gasteiger partial charge in [-0.05, 0) is 48.9 Å². The number of fused-ring (bicyclic) bond motifs is 2. The molecule has 0 N–H and O–H groups in total. The number of ether oxygens (including phenoxy) is 3. The molecule has 0 saturated carbocycles. The van der Waals surface area contributed by atoms with Gasteiger partial charge < -0.3 is 18.6 Å². The highest BCUT2D eigenvalue weighted by Crippen LogP contribution is 2.35. The molecule has 0 radical (unpaired) electrons. The lowest BCUT2D eigenvalue weighted by atomic mass is 10.0. The zero-order valence-corrected chi connectivity index (χ0v) is 19.3. The van der Waals surface area contributed by atoms with Crippen molar-refractivity contribution in [3.63, 3.8) is 0 Å². The smallest absolute Gasteiger partial charge is 0.200 e. The molecule has 0 aliphatic carbocycles. The Morgan fingerprint density at radius 2 is 1.76 bits per heavy atom. The first-order valence-electron chi connectivity index (χ1n) is 10.5. The van der Waals surface area contributed by atoms with Crippen LogP contribution in [0.25, 0.3) is 22.1 Å². The summed E-state index contributed by atoms with van der Waals surface area (Å²) in [5.74, 6) is 2.40. The van der Waals surface area contributed by atoms with Gasteiger partial charge >= 0.3 is 0 Å². The lowest BCUT2D eigenvalue weighted by Crippen LogP contribution is -2.08. The maximum Gasteiger partial charge on any atom is 0.200 e. The Kier molecular flexibility index (Phi) is 5.92. The second-order valence-corrected chi connectivity index (χ2v) is 8.60. The number of halogens is 2. The third-order valence-electron chi connectivity index (χ3n) is 5.49. The molecule has 0 bridgehead atoms. The van der Waals surface area contributed by atoms with Gasteiger partial charge in [-0.3, -0.25) is 4.79 Å². The molecule has 4 aromatic rings. The maximum absolute atomic E-state index is 13.4. The minimum Gasteiger partial charge on any atom is -0.490 e. The molecular weight excluding hydrogens is 463 g/mol. The standard InChI is InChI=1S/C26H20Cl2O5/c1-15-25(16-4-8-22-24(11-16)31-10-2-9-30-22)26(29)20-7-6-19(13-23(20)33-15)32-14-17-3-5-18(27)12-21(17)28/h3-8,11-13H,2,9-10,14H2,1H3. The van der Waals surface area contributed by atoms with E-state index < -0.39 is 0 Å². The van der Waals surface area contributed by atoms with Crippen LogP contribution in [0, 0.1) is 6.92 Å². The summed E-state index contributed by atoms with van der Waals surface area (Å²) >= 11 is 12.2. The molecule has 0 unspecified atom stereocenters. The van der Waals surface area contributed by atoms with Crippen LogP contribution in [0.1, 0.15) is 17.7 Å². The van der Waals surface area contributed by atoms with Gasteiger partial charge in [-0.15, -0.1) is 0 Å². The molecule has 1 aromatic heterocycles. The van der Waals surface area contributed by atoms with E-state index in [1.807, 2.05) is 24.3 Å². The SMILES string of the molecule is Cc1oc2cc(OCc3ccc(Cl)cc3Cl)ccc2c(=O)c1-c1ccc2c(c1)OCCCO2. The van der Waals surface area contributed by atoms with Gasteiger partial charge in [0.1, 0.15) is 23.7 Å². The molecule has 0 saturated heterocycles. The topological polar surface area (TPSA) is 57.9 Å². The van der Waals surface area contributed by atoms with E-state index in [4.69, 9.17) is 41.8 Å². The van der Waals surface area contributed by atoms with Crippen molar-refractivity contribution in [3.8, 4) is 28.4 Å². The van der Waals surface area contributed by atoms with Crippen LogP contribution in [0.4, 0.5) is 0 Å². The summed E-state index contributed by atoms with van der Waals surface area (Å²) in [5.41, 5.74) is 2.37. The first-order chi connectivity index (χ1) is 16.0. The van der Waals surface area contributed by atoms with Crippen LogP contribution in [0.15, 0.2) is 63.8 Å². The quantitative estimate of drug-likeness (QED) is 0.319. The molecule has 0 fully saturated rings. The summed E-state index contributed by atoms with van der Waals surface area (Å²) < 4.78 is 23.4. The van der Waals surface area contributed by atoms with Crippen LogP contribution in [-0.4, -0.2) is 13.2 Å². The second kappa shape index (κ2) is 9.00. The van der Waals surface area contributed by atoms with E-state index >= 15 is 0 Å². The zero-order valence-electron chi connectivity index (χ0n) is 17.8. The number of rotatable bonds is 4. The van der Waals surface area contributed by atoms with Gasteiger partial charge in [0, 0.05) is 28.1 Å². The van der Waals surface area contributed by atoms with Crippen molar-refractivity contribution in [3.05, 3.63) is 86.2 Å². The molecule has 0 amide bonds. The minimum atomic E-state index is -0.115. The van der Waals surface area contributed by atoms with Crippen molar-refractivity contribution >= 4 is 34.2 Å². The van der Waals surface area contributed by atoms with Crippen molar-refractivity contribution in [1.82, 2.24) is 0 Å². The van der Waals surface area contributed by atoms with Gasteiger partial charge in [0.2, 0.25) is 5.43 Å². The van der Waals surface area contributed by atoms with E-state index in [2.05, 4.69) is 0 Å². The maximum atomic E-state index is 13.4. The molecular formula is C26H20Cl2O5. The fourth-order valence-corrected chi connectivity index (χ4v) is 4.29. The Morgan fingerprint density at radius 1 is 0.939 bits per heavy atom. The summed E-state index contributed by atoms with van der Waals surface area (Å²) in [6, 6.07) is 15.9. The molecule has 5 nitrogen and oxygen atoms in total. The van der Waals surface area contributed by atoms with Crippen LogP contribution in [0.5, 0.6) is 17.2 Å². The van der Waals surface area contributed by atoms with Crippen molar-refractivity contribution in [2.24, 2.45) is 0 Å². The highest BCUT2D eigenvalue weighted by Gasteiger charge is 2.18. The van der Waals surface area contributed by atoms with E-state index in [0.717, 1.165) is 17.5 Å². The summed E-state index contributed by atoms with van der Waals surface area (Å²) in [6.45, 7) is 3.23. The van der Waals surface area contributed by atoms with Crippen LogP contribution in [0.2, 0.25) is 10.0 Å². The van der Waals surface area contributed by atoms with E-state index in [0.29, 0.717) is 62.8 Å². The summed E-state index contributed by atoms with van der Waals surface area (Å²) in [7, 11) is 0. The van der Waals surface area contributed by atoms with Gasteiger partial charge in [-0.25, -0.2) is 0 Å². The fraction of sp³-hybridized carbons (Fsp3) is 0.192.